The molecule has 1 aromatic rings. The number of benzene rings is 1. The molecule has 0 radical (unpaired) electrons. The van der Waals surface area contributed by atoms with Crippen molar-refractivity contribution in [3.05, 3.63) is 35.4 Å². The average molecular weight is 327 g/mol. The van der Waals surface area contributed by atoms with Gasteiger partial charge >= 0.3 is 12.1 Å². The van der Waals surface area contributed by atoms with Crippen molar-refractivity contribution in [3.63, 3.8) is 0 Å². The maximum absolute atomic E-state index is 13.3. The van der Waals surface area contributed by atoms with Crippen LogP contribution in [-0.2, 0) is 6.54 Å². The number of halogens is 3. The largest absolute Gasteiger partial charge is 0.478 e. The van der Waals surface area contributed by atoms with Crippen LogP contribution in [0, 0.1) is 11.3 Å². The highest BCUT2D eigenvalue weighted by Gasteiger charge is 2.57. The number of aromatic carboxylic acids is 1. The molecule has 0 bridgehead atoms. The fraction of sp³-hybridized carbons (Fsp3) is 0.588. The van der Waals surface area contributed by atoms with Gasteiger partial charge in [-0.05, 0) is 48.9 Å². The first-order valence-corrected chi connectivity index (χ1v) is 7.91. The molecular weight excluding hydrogens is 307 g/mol. The van der Waals surface area contributed by atoms with E-state index >= 15 is 0 Å². The van der Waals surface area contributed by atoms with Crippen LogP contribution in [0.4, 0.5) is 13.2 Å². The Balaban J connectivity index is 1.72. The maximum atomic E-state index is 13.3. The van der Waals surface area contributed by atoms with Gasteiger partial charge in [-0.2, -0.15) is 13.2 Å². The average Bonchev–Trinajstić information content (AvgIpc) is 2.44. The second kappa shape index (κ2) is 5.82. The number of carboxylic acid groups (broad SMARTS) is 1. The fourth-order valence-electron chi connectivity index (χ4n) is 4.10. The second-order valence-corrected chi connectivity index (χ2v) is 6.81. The summed E-state index contributed by atoms with van der Waals surface area (Å²) in [6, 6.07) is 6.64. The lowest BCUT2D eigenvalue weighted by atomic mass is 9.58. The first-order valence-electron chi connectivity index (χ1n) is 7.91. The predicted octanol–water partition coefficient (Wildman–Crippen LogP) is 3.94. The lowest BCUT2D eigenvalue weighted by molar-refractivity contribution is -0.238. The Kier molecular flexibility index (Phi) is 4.12. The summed E-state index contributed by atoms with van der Waals surface area (Å²) in [6.07, 6.45) is -1.82. The van der Waals surface area contributed by atoms with Crippen LogP contribution in [0.3, 0.4) is 0 Å². The molecule has 1 heterocycles. The lowest BCUT2D eigenvalue weighted by Crippen LogP contribution is -2.56. The third-order valence-corrected chi connectivity index (χ3v) is 5.34. The summed E-state index contributed by atoms with van der Waals surface area (Å²) in [5.74, 6) is -2.18. The Morgan fingerprint density at radius 2 is 2.09 bits per heavy atom. The molecule has 3 nitrogen and oxygen atoms in total. The Morgan fingerprint density at radius 1 is 1.35 bits per heavy atom. The van der Waals surface area contributed by atoms with Gasteiger partial charge in [-0.3, -0.25) is 4.90 Å². The zero-order valence-corrected chi connectivity index (χ0v) is 12.8. The summed E-state index contributed by atoms with van der Waals surface area (Å²) in [7, 11) is 0. The van der Waals surface area contributed by atoms with E-state index in [9.17, 15) is 18.0 Å². The number of carbonyl (C=O) groups is 1. The number of alkyl halides is 3. The number of rotatable bonds is 3. The van der Waals surface area contributed by atoms with Crippen molar-refractivity contribution >= 4 is 5.97 Å². The van der Waals surface area contributed by atoms with E-state index < -0.39 is 23.5 Å². The van der Waals surface area contributed by atoms with Crippen molar-refractivity contribution in [3.8, 4) is 0 Å². The number of likely N-dealkylation sites (tertiary alicyclic amines) is 1. The van der Waals surface area contributed by atoms with Gasteiger partial charge in [-0.15, -0.1) is 0 Å². The van der Waals surface area contributed by atoms with Crippen LogP contribution in [0.1, 0.15) is 41.6 Å². The predicted molar refractivity (Wildman–Crippen MR) is 79.1 cm³/mol. The summed E-state index contributed by atoms with van der Waals surface area (Å²) in [4.78, 5) is 13.1. The smallest absolute Gasteiger partial charge is 0.392 e. The van der Waals surface area contributed by atoms with Crippen molar-refractivity contribution in [2.45, 2.75) is 38.4 Å². The molecule has 0 amide bonds. The SMILES string of the molecule is O=C(O)c1cccc(CN2CCC(C(F)(F)F)C3(CCC3)C2)c1. The monoisotopic (exact) mass is 327 g/mol. The molecule has 1 spiro atoms. The molecule has 3 rings (SSSR count). The van der Waals surface area contributed by atoms with Gasteiger partial charge in [0.25, 0.3) is 0 Å². The van der Waals surface area contributed by atoms with E-state index in [1.807, 2.05) is 11.0 Å². The number of carboxylic acids is 1. The van der Waals surface area contributed by atoms with Gasteiger partial charge in [0.1, 0.15) is 0 Å². The highest BCUT2D eigenvalue weighted by Crippen LogP contribution is 2.56. The summed E-state index contributed by atoms with van der Waals surface area (Å²) >= 11 is 0. The van der Waals surface area contributed by atoms with E-state index in [0.717, 1.165) is 12.0 Å². The van der Waals surface area contributed by atoms with Gasteiger partial charge in [0.05, 0.1) is 11.5 Å². The van der Waals surface area contributed by atoms with Crippen LogP contribution in [-0.4, -0.2) is 35.2 Å². The molecule has 1 N–H and O–H groups in total. The minimum absolute atomic E-state index is 0.141. The van der Waals surface area contributed by atoms with Crippen LogP contribution in [0.25, 0.3) is 0 Å². The summed E-state index contributed by atoms with van der Waals surface area (Å²) in [6.45, 7) is 1.37. The highest BCUT2D eigenvalue weighted by atomic mass is 19.4. The normalized spacial score (nSPS) is 24.4. The van der Waals surface area contributed by atoms with Gasteiger partial charge < -0.3 is 5.11 Å². The van der Waals surface area contributed by atoms with E-state index in [0.29, 0.717) is 32.5 Å². The fourth-order valence-corrected chi connectivity index (χ4v) is 4.10. The quantitative estimate of drug-likeness (QED) is 0.914. The summed E-state index contributed by atoms with van der Waals surface area (Å²) < 4.78 is 39.8. The molecule has 1 unspecified atom stereocenters. The molecule has 2 fully saturated rings. The Hall–Kier alpha value is -1.56. The van der Waals surface area contributed by atoms with Crippen LogP contribution in [0.2, 0.25) is 0 Å². The third-order valence-electron chi connectivity index (χ3n) is 5.34. The molecule has 1 saturated heterocycles. The van der Waals surface area contributed by atoms with Crippen molar-refractivity contribution in [1.82, 2.24) is 4.90 Å². The Labute approximate surface area is 133 Å². The van der Waals surface area contributed by atoms with Gasteiger partial charge in [-0.25, -0.2) is 4.79 Å². The van der Waals surface area contributed by atoms with Crippen LogP contribution in [0.15, 0.2) is 24.3 Å². The first-order chi connectivity index (χ1) is 10.8. The van der Waals surface area contributed by atoms with Gasteiger partial charge in [0.2, 0.25) is 0 Å². The van der Waals surface area contributed by atoms with E-state index in [1.165, 1.54) is 6.07 Å². The molecule has 1 aliphatic heterocycles. The Morgan fingerprint density at radius 3 is 2.65 bits per heavy atom. The minimum atomic E-state index is -4.12. The molecule has 6 heteroatoms. The molecule has 23 heavy (non-hydrogen) atoms. The van der Waals surface area contributed by atoms with Crippen LogP contribution in [0.5, 0.6) is 0 Å². The molecule has 1 aromatic carbocycles. The van der Waals surface area contributed by atoms with Crippen LogP contribution < -0.4 is 0 Å². The number of nitrogens with zero attached hydrogens (tertiary/aromatic N) is 1. The molecule has 126 valence electrons. The molecule has 1 saturated carbocycles. The van der Waals surface area contributed by atoms with Crippen LogP contribution >= 0.6 is 0 Å². The summed E-state index contributed by atoms with van der Waals surface area (Å²) in [5.41, 5.74) is 0.428. The zero-order chi connectivity index (χ0) is 16.7. The molecule has 1 atom stereocenters. The van der Waals surface area contributed by atoms with Crippen molar-refractivity contribution in [2.24, 2.45) is 11.3 Å². The first kappa shape index (κ1) is 16.3. The molecule has 0 aromatic heterocycles. The Bertz CT molecular complexity index is 596. The number of hydrogen-bond donors (Lipinski definition) is 1. The second-order valence-electron chi connectivity index (χ2n) is 6.81. The number of hydrogen-bond acceptors (Lipinski definition) is 2. The van der Waals surface area contributed by atoms with Gasteiger partial charge in [0.15, 0.2) is 0 Å². The maximum Gasteiger partial charge on any atom is 0.392 e. The van der Waals surface area contributed by atoms with Crippen molar-refractivity contribution < 1.29 is 23.1 Å². The number of piperidine rings is 1. The van der Waals surface area contributed by atoms with E-state index in [4.69, 9.17) is 5.11 Å². The summed E-state index contributed by atoms with van der Waals surface area (Å²) in [5, 5.41) is 9.03. The highest BCUT2D eigenvalue weighted by molar-refractivity contribution is 5.87. The minimum Gasteiger partial charge on any atom is -0.478 e. The van der Waals surface area contributed by atoms with Crippen molar-refractivity contribution in [2.75, 3.05) is 13.1 Å². The van der Waals surface area contributed by atoms with Crippen molar-refractivity contribution in [1.29, 1.82) is 0 Å². The molecule has 2 aliphatic rings. The molecular formula is C17H20F3NO2. The van der Waals surface area contributed by atoms with E-state index in [2.05, 4.69) is 0 Å². The standard InChI is InChI=1S/C17H20F3NO2/c18-17(19,20)14-5-8-21(11-16(14)6-2-7-16)10-12-3-1-4-13(9-12)15(22)23/h1,3-4,9,14H,2,5-8,10-11H2,(H,22,23). The van der Waals surface area contributed by atoms with E-state index in [1.54, 1.807) is 12.1 Å². The van der Waals surface area contributed by atoms with Gasteiger partial charge in [0, 0.05) is 13.1 Å². The lowest BCUT2D eigenvalue weighted by Gasteiger charge is -2.54. The van der Waals surface area contributed by atoms with E-state index in [-0.39, 0.29) is 12.0 Å². The topological polar surface area (TPSA) is 40.5 Å². The third kappa shape index (κ3) is 3.22. The zero-order valence-electron chi connectivity index (χ0n) is 12.8. The van der Waals surface area contributed by atoms with Gasteiger partial charge in [-0.1, -0.05) is 18.6 Å². The molecule has 1 aliphatic carbocycles.